The molecular formula is C24H29B14NO. The van der Waals surface area contributed by atoms with Crippen LogP contribution in [0.15, 0.2) is 4.42 Å². The molecule has 0 bridgehead atoms. The smallest absolute Gasteiger partial charge is 0.145 e. The maximum atomic E-state index is 6.82. The third kappa shape index (κ3) is 3.26. The highest BCUT2D eigenvalue weighted by Gasteiger charge is 2.25. The fraction of sp³-hybridized carbons (Fsp3) is 0. The Kier molecular flexibility index (Phi) is 6.16. The Bertz CT molecular complexity index is 2130. The van der Waals surface area contributed by atoms with E-state index in [1.54, 1.807) is 0 Å². The third-order valence-electron chi connectivity index (χ3n) is 11.1. The van der Waals surface area contributed by atoms with Crippen LogP contribution in [0.1, 0.15) is 0 Å². The zero-order valence-corrected chi connectivity index (χ0v) is 26.9. The van der Waals surface area contributed by atoms with Gasteiger partial charge in [-0.25, -0.2) is 0 Å². The lowest BCUT2D eigenvalue weighted by Gasteiger charge is -2.25. The Morgan fingerprint density at radius 3 is 1.27 bits per heavy atom. The fourth-order valence-electron chi connectivity index (χ4n) is 7.68. The van der Waals surface area contributed by atoms with Gasteiger partial charge >= 0.3 is 0 Å². The zero-order valence-electron chi connectivity index (χ0n) is 26.9. The molecule has 0 atom stereocenters. The Balaban J connectivity index is 1.86. The number of aromatic nitrogens is 1. The summed E-state index contributed by atoms with van der Waals surface area (Å²) in [4.78, 5) is 3.94. The second kappa shape index (κ2) is 8.94. The van der Waals surface area contributed by atoms with Gasteiger partial charge in [0, 0.05) is 32.6 Å². The van der Waals surface area contributed by atoms with Crippen LogP contribution in [0.25, 0.3) is 54.9 Å². The van der Waals surface area contributed by atoms with Crippen LogP contribution >= 0.6 is 0 Å². The summed E-state index contributed by atoms with van der Waals surface area (Å²) in [5.41, 5.74) is 26.2. The average Bonchev–Trinajstić information content (AvgIpc) is 3.53. The topological polar surface area (TPSA) is 28.9 Å². The van der Waals surface area contributed by atoms with Crippen LogP contribution in [0, 0.1) is 0 Å². The van der Waals surface area contributed by atoms with Gasteiger partial charge in [-0.05, 0) is 16.6 Å². The summed E-state index contributed by atoms with van der Waals surface area (Å²) in [5.74, 6) is 0. The van der Waals surface area contributed by atoms with Crippen LogP contribution in [0.2, 0.25) is 0 Å². The minimum atomic E-state index is 1.03. The minimum absolute atomic E-state index is 1.03. The van der Waals surface area contributed by atoms with Crippen LogP contribution in [0.4, 0.5) is 0 Å². The number of hydrogen-bond donors (Lipinski definition) is 1. The molecule has 0 aliphatic carbocycles. The monoisotopic (exact) mass is 501 g/mol. The Hall–Kier alpha value is -2.61. The summed E-state index contributed by atoms with van der Waals surface area (Å²) in [6, 6.07) is 0. The van der Waals surface area contributed by atoms with Gasteiger partial charge in [0.25, 0.3) is 0 Å². The molecule has 2 heterocycles. The molecule has 2 nitrogen and oxygen atoms in total. The van der Waals surface area contributed by atoms with Gasteiger partial charge < -0.3 is 9.40 Å². The number of nitrogens with one attached hydrogen (secondary N) is 1. The Morgan fingerprint density at radius 1 is 0.300 bits per heavy atom. The summed E-state index contributed by atoms with van der Waals surface area (Å²) in [5, 5.41) is 5.19. The predicted octanol–water partition coefficient (Wildman–Crippen LogP) is -17.5. The molecule has 0 amide bonds. The first kappa shape index (κ1) is 27.6. The number of rotatable bonds is 1. The van der Waals surface area contributed by atoms with Gasteiger partial charge in [-0.3, -0.25) is 0 Å². The number of H-pyrrole nitrogens is 1. The highest BCUT2D eigenvalue weighted by molar-refractivity contribution is 6.72. The standard InChI is InChI=1S/C24H29B14NO/c25-7-1(2-8(26)14(32)17(35)15(33)9(2)27)10(28)19(37)22-3(7)4-13(31)23-6(12(30)21(4)39-22)5-11(29)16(34)18(36)20(38)24(5)40-23/h39H,25-38H2. The van der Waals surface area contributed by atoms with Crippen molar-refractivity contribution in [3.05, 3.63) is 0 Å². The van der Waals surface area contributed by atoms with Crippen molar-refractivity contribution in [2.45, 2.75) is 0 Å². The molecule has 0 spiro atoms. The summed E-state index contributed by atoms with van der Waals surface area (Å²) in [6.45, 7) is 0. The molecular weight excluding hydrogens is 470 g/mol. The first-order valence-electron chi connectivity index (χ1n) is 14.7. The SMILES string of the molecule is Bc1c(B)c(B)c(-c2c(B)c(B)c3[nH]c4c(B)c5c(oc6c(B)c(B)c(B)c(B)c65)c(B)c4c3c2B)c(B)c1B. The van der Waals surface area contributed by atoms with Crippen molar-refractivity contribution >= 4 is 230 Å². The van der Waals surface area contributed by atoms with Crippen LogP contribution in [0.3, 0.4) is 0 Å². The van der Waals surface area contributed by atoms with Gasteiger partial charge in [0.1, 0.15) is 121 Å². The molecule has 0 saturated heterocycles. The van der Waals surface area contributed by atoms with Crippen molar-refractivity contribution in [2.24, 2.45) is 0 Å². The molecule has 40 heavy (non-hydrogen) atoms. The summed E-state index contributed by atoms with van der Waals surface area (Å²) < 4.78 is 6.82. The molecule has 2 aromatic heterocycles. The van der Waals surface area contributed by atoms with Crippen molar-refractivity contribution in [2.75, 3.05) is 0 Å². The van der Waals surface area contributed by atoms with E-state index in [9.17, 15) is 0 Å². The lowest BCUT2D eigenvalue weighted by molar-refractivity contribution is 0.675. The van der Waals surface area contributed by atoms with Crippen LogP contribution in [-0.2, 0) is 0 Å². The second-order valence-corrected chi connectivity index (χ2v) is 12.6. The molecule has 0 fully saturated rings. The highest BCUT2D eigenvalue weighted by Crippen LogP contribution is 2.30. The highest BCUT2D eigenvalue weighted by atomic mass is 16.3. The van der Waals surface area contributed by atoms with Crippen LogP contribution in [-0.4, -0.2) is 115 Å². The zero-order chi connectivity index (χ0) is 29.3. The number of fused-ring (bicyclic) bond motifs is 6. The largest absolute Gasteiger partial charge is 0.457 e. The van der Waals surface area contributed by atoms with Crippen LogP contribution in [0.5, 0.6) is 0 Å². The average molecular weight is 499 g/mol. The van der Waals surface area contributed by atoms with Gasteiger partial charge in [0.05, 0.1) is 0 Å². The normalized spacial score (nSPS) is 11.9. The predicted molar refractivity (Wildman–Crippen MR) is 223 cm³/mol. The molecule has 16 heteroatoms. The van der Waals surface area contributed by atoms with E-state index in [1.165, 1.54) is 120 Å². The van der Waals surface area contributed by atoms with Gasteiger partial charge in [-0.2, -0.15) is 0 Å². The molecule has 0 aliphatic heterocycles. The third-order valence-corrected chi connectivity index (χ3v) is 11.1. The summed E-state index contributed by atoms with van der Waals surface area (Å²) in [7, 11) is 31.8. The van der Waals surface area contributed by atoms with Gasteiger partial charge in [-0.15, -0.1) is 21.9 Å². The lowest BCUT2D eigenvalue weighted by Crippen LogP contribution is -2.56. The van der Waals surface area contributed by atoms with E-state index in [1.807, 2.05) is 0 Å². The number of furan rings is 1. The first-order chi connectivity index (χ1) is 18.7. The van der Waals surface area contributed by atoms with E-state index in [2.05, 4.69) is 115 Å². The maximum absolute atomic E-state index is 6.82. The van der Waals surface area contributed by atoms with Crippen molar-refractivity contribution in [1.29, 1.82) is 0 Å². The van der Waals surface area contributed by atoms with E-state index < -0.39 is 0 Å². The first-order valence-corrected chi connectivity index (χ1v) is 14.7. The molecule has 6 rings (SSSR count). The van der Waals surface area contributed by atoms with E-state index in [0.717, 1.165) is 11.2 Å². The number of aromatic amines is 1. The molecule has 0 unspecified atom stereocenters. The van der Waals surface area contributed by atoms with Crippen molar-refractivity contribution < 1.29 is 4.42 Å². The van der Waals surface area contributed by atoms with E-state index in [4.69, 9.17) is 4.42 Å². The Morgan fingerprint density at radius 2 is 0.675 bits per heavy atom. The molecule has 1 N–H and O–H groups in total. The molecule has 0 saturated carbocycles. The lowest BCUT2D eigenvalue weighted by atomic mass is 9.57. The summed E-state index contributed by atoms with van der Waals surface area (Å²) in [6.07, 6.45) is 0. The molecule has 6 aromatic rings. The van der Waals surface area contributed by atoms with Crippen molar-refractivity contribution in [3.8, 4) is 11.1 Å². The number of hydrogen-bond acceptors (Lipinski definition) is 1. The van der Waals surface area contributed by atoms with Crippen molar-refractivity contribution in [1.82, 2.24) is 4.98 Å². The van der Waals surface area contributed by atoms with Gasteiger partial charge in [-0.1, -0.05) is 49.2 Å². The van der Waals surface area contributed by atoms with Gasteiger partial charge in [0.2, 0.25) is 0 Å². The minimum Gasteiger partial charge on any atom is -0.457 e. The fourth-order valence-corrected chi connectivity index (χ4v) is 7.68. The van der Waals surface area contributed by atoms with E-state index >= 15 is 0 Å². The summed E-state index contributed by atoms with van der Waals surface area (Å²) >= 11 is 0. The molecule has 4 aromatic carbocycles. The van der Waals surface area contributed by atoms with Crippen LogP contribution < -0.4 is 76.5 Å². The quantitative estimate of drug-likeness (QED) is 0.224. The van der Waals surface area contributed by atoms with E-state index in [-0.39, 0.29) is 0 Å². The Labute approximate surface area is 249 Å². The van der Waals surface area contributed by atoms with E-state index in [0.29, 0.717) is 0 Å². The molecule has 0 radical (unpaired) electrons. The van der Waals surface area contributed by atoms with Gasteiger partial charge in [0.15, 0.2) is 0 Å². The maximum Gasteiger partial charge on any atom is 0.145 e. The molecule has 0 aliphatic rings. The number of benzene rings is 4. The second-order valence-electron chi connectivity index (χ2n) is 12.6. The molecule has 178 valence electrons. The van der Waals surface area contributed by atoms with Crippen molar-refractivity contribution in [3.63, 3.8) is 0 Å².